The summed E-state index contributed by atoms with van der Waals surface area (Å²) < 4.78 is 0. The van der Waals surface area contributed by atoms with E-state index in [1.807, 2.05) is 6.07 Å². The SMILES string of the molecule is NC1=NN=CC1c1ccc(Cl)cc1Cl. The van der Waals surface area contributed by atoms with E-state index in [1.165, 1.54) is 0 Å². The van der Waals surface area contributed by atoms with Gasteiger partial charge in [0.15, 0.2) is 0 Å². The third kappa shape index (κ3) is 1.61. The van der Waals surface area contributed by atoms with Gasteiger partial charge in [-0.25, -0.2) is 0 Å². The van der Waals surface area contributed by atoms with Crippen LogP contribution < -0.4 is 5.73 Å². The van der Waals surface area contributed by atoms with E-state index in [1.54, 1.807) is 18.3 Å². The molecular formula is C9H7Cl2N3. The Morgan fingerprint density at radius 2 is 2.07 bits per heavy atom. The van der Waals surface area contributed by atoms with Crippen LogP contribution in [0.25, 0.3) is 0 Å². The predicted molar refractivity (Wildman–Crippen MR) is 59.3 cm³/mol. The van der Waals surface area contributed by atoms with E-state index in [-0.39, 0.29) is 5.92 Å². The lowest BCUT2D eigenvalue weighted by Gasteiger charge is -2.09. The molecule has 1 aromatic carbocycles. The van der Waals surface area contributed by atoms with E-state index in [9.17, 15) is 0 Å². The number of halogens is 2. The highest BCUT2D eigenvalue weighted by molar-refractivity contribution is 6.35. The molecule has 1 aromatic rings. The van der Waals surface area contributed by atoms with Gasteiger partial charge in [0.25, 0.3) is 0 Å². The molecule has 2 N–H and O–H groups in total. The van der Waals surface area contributed by atoms with Gasteiger partial charge in [-0.15, -0.1) is 5.10 Å². The van der Waals surface area contributed by atoms with Crippen LogP contribution in [0.15, 0.2) is 28.4 Å². The molecule has 1 atom stereocenters. The molecule has 3 nitrogen and oxygen atoms in total. The van der Waals surface area contributed by atoms with Crippen LogP contribution in [0.5, 0.6) is 0 Å². The highest BCUT2D eigenvalue weighted by Gasteiger charge is 2.20. The van der Waals surface area contributed by atoms with Gasteiger partial charge in [0.1, 0.15) is 5.84 Å². The van der Waals surface area contributed by atoms with E-state index < -0.39 is 0 Å². The van der Waals surface area contributed by atoms with Crippen LogP contribution in [0, 0.1) is 0 Å². The highest BCUT2D eigenvalue weighted by Crippen LogP contribution is 2.28. The molecule has 0 bridgehead atoms. The number of nitrogens with two attached hydrogens (primary N) is 1. The number of amidine groups is 1. The summed E-state index contributed by atoms with van der Waals surface area (Å²) in [7, 11) is 0. The number of hydrogen-bond acceptors (Lipinski definition) is 3. The van der Waals surface area contributed by atoms with Crippen LogP contribution in [0.1, 0.15) is 11.5 Å². The molecule has 2 rings (SSSR count). The average molecular weight is 228 g/mol. The first-order chi connectivity index (χ1) is 6.68. The maximum absolute atomic E-state index is 6.02. The van der Waals surface area contributed by atoms with E-state index in [4.69, 9.17) is 28.9 Å². The monoisotopic (exact) mass is 227 g/mol. The third-order valence-corrected chi connectivity index (χ3v) is 2.57. The van der Waals surface area contributed by atoms with Gasteiger partial charge >= 0.3 is 0 Å². The smallest absolute Gasteiger partial charge is 0.135 e. The summed E-state index contributed by atoms with van der Waals surface area (Å²) in [6.45, 7) is 0. The summed E-state index contributed by atoms with van der Waals surface area (Å²) in [5.74, 6) is 0.328. The molecular weight excluding hydrogens is 221 g/mol. The first-order valence-corrected chi connectivity index (χ1v) is 4.75. The number of hydrogen-bond donors (Lipinski definition) is 1. The van der Waals surface area contributed by atoms with Crippen LogP contribution in [-0.2, 0) is 0 Å². The quantitative estimate of drug-likeness (QED) is 0.788. The van der Waals surface area contributed by atoms with Crippen molar-refractivity contribution in [1.29, 1.82) is 0 Å². The lowest BCUT2D eigenvalue weighted by atomic mass is 10.00. The Balaban J connectivity index is 2.42. The Labute approximate surface area is 91.2 Å². The lowest BCUT2D eigenvalue weighted by Crippen LogP contribution is -2.19. The number of benzene rings is 1. The first-order valence-electron chi connectivity index (χ1n) is 4.00. The normalized spacial score (nSPS) is 19.9. The van der Waals surface area contributed by atoms with Crippen molar-refractivity contribution >= 4 is 35.3 Å². The summed E-state index contributed by atoms with van der Waals surface area (Å²) in [6, 6.07) is 5.27. The number of nitrogens with zero attached hydrogens (tertiary/aromatic N) is 2. The van der Waals surface area contributed by atoms with Crippen molar-refractivity contribution in [3.8, 4) is 0 Å². The summed E-state index contributed by atoms with van der Waals surface area (Å²) in [4.78, 5) is 0. The van der Waals surface area contributed by atoms with Crippen molar-refractivity contribution in [2.24, 2.45) is 15.9 Å². The largest absolute Gasteiger partial charge is 0.385 e. The molecule has 0 radical (unpaired) electrons. The Morgan fingerprint density at radius 3 is 2.64 bits per heavy atom. The van der Waals surface area contributed by atoms with Gasteiger partial charge in [-0.05, 0) is 17.7 Å². The Morgan fingerprint density at radius 1 is 1.29 bits per heavy atom. The predicted octanol–water partition coefficient (Wildman–Crippen LogP) is 2.43. The molecule has 1 aliphatic heterocycles. The van der Waals surface area contributed by atoms with Crippen molar-refractivity contribution in [2.45, 2.75) is 5.92 Å². The molecule has 0 aromatic heterocycles. The summed E-state index contributed by atoms with van der Waals surface area (Å²) >= 11 is 11.8. The van der Waals surface area contributed by atoms with Crippen molar-refractivity contribution in [3.63, 3.8) is 0 Å². The Bertz CT molecular complexity index is 426. The minimum atomic E-state index is -0.125. The fourth-order valence-corrected chi connectivity index (χ4v) is 1.82. The second-order valence-corrected chi connectivity index (χ2v) is 3.78. The van der Waals surface area contributed by atoms with Crippen LogP contribution in [0.4, 0.5) is 0 Å². The zero-order chi connectivity index (χ0) is 10.1. The fraction of sp³-hybridized carbons (Fsp3) is 0.111. The summed E-state index contributed by atoms with van der Waals surface area (Å²) in [6.07, 6.45) is 1.66. The van der Waals surface area contributed by atoms with Crippen molar-refractivity contribution in [1.82, 2.24) is 0 Å². The van der Waals surface area contributed by atoms with Crippen LogP contribution in [0.3, 0.4) is 0 Å². The molecule has 1 unspecified atom stereocenters. The first kappa shape index (κ1) is 9.49. The third-order valence-electron chi connectivity index (χ3n) is 2.01. The van der Waals surface area contributed by atoms with Crippen LogP contribution in [-0.4, -0.2) is 12.1 Å². The Hall–Kier alpha value is -1.06. The van der Waals surface area contributed by atoms with Gasteiger partial charge in [0.05, 0.1) is 5.92 Å². The molecule has 0 amide bonds. The standard InChI is InChI=1S/C9H7Cl2N3/c10-5-1-2-6(8(11)3-5)7-4-13-14-9(7)12/h1-4,7H,(H2,12,14). The molecule has 1 heterocycles. The summed E-state index contributed by atoms with van der Waals surface area (Å²) in [5.41, 5.74) is 6.52. The van der Waals surface area contributed by atoms with Crippen molar-refractivity contribution in [2.75, 3.05) is 0 Å². The molecule has 0 aliphatic carbocycles. The second kappa shape index (κ2) is 3.59. The van der Waals surface area contributed by atoms with E-state index >= 15 is 0 Å². The Kier molecular flexibility index (Phi) is 2.44. The highest BCUT2D eigenvalue weighted by atomic mass is 35.5. The second-order valence-electron chi connectivity index (χ2n) is 2.93. The zero-order valence-electron chi connectivity index (χ0n) is 7.11. The minimum Gasteiger partial charge on any atom is -0.385 e. The molecule has 14 heavy (non-hydrogen) atoms. The van der Waals surface area contributed by atoms with E-state index in [2.05, 4.69) is 10.2 Å². The van der Waals surface area contributed by atoms with Crippen LogP contribution >= 0.6 is 23.2 Å². The van der Waals surface area contributed by atoms with Crippen LogP contribution in [0.2, 0.25) is 10.0 Å². The van der Waals surface area contributed by atoms with E-state index in [0.29, 0.717) is 15.9 Å². The van der Waals surface area contributed by atoms with Crippen molar-refractivity contribution < 1.29 is 0 Å². The topological polar surface area (TPSA) is 50.7 Å². The zero-order valence-corrected chi connectivity index (χ0v) is 8.63. The lowest BCUT2D eigenvalue weighted by molar-refractivity contribution is 1.22. The van der Waals surface area contributed by atoms with Gasteiger partial charge in [0.2, 0.25) is 0 Å². The van der Waals surface area contributed by atoms with Gasteiger partial charge in [-0.3, -0.25) is 0 Å². The molecule has 1 aliphatic rings. The van der Waals surface area contributed by atoms with Gasteiger partial charge < -0.3 is 5.73 Å². The molecule has 0 fully saturated rings. The van der Waals surface area contributed by atoms with Crippen molar-refractivity contribution in [3.05, 3.63) is 33.8 Å². The molecule has 0 saturated carbocycles. The molecule has 72 valence electrons. The fourth-order valence-electron chi connectivity index (χ4n) is 1.30. The average Bonchev–Trinajstić information content (AvgIpc) is 2.52. The molecule has 5 heteroatoms. The maximum Gasteiger partial charge on any atom is 0.135 e. The molecule has 0 spiro atoms. The number of rotatable bonds is 1. The maximum atomic E-state index is 6.02. The summed E-state index contributed by atoms with van der Waals surface area (Å²) in [5, 5.41) is 8.64. The van der Waals surface area contributed by atoms with Gasteiger partial charge in [-0.1, -0.05) is 29.3 Å². The minimum absolute atomic E-state index is 0.125. The molecule has 0 saturated heterocycles. The van der Waals surface area contributed by atoms with Gasteiger partial charge in [-0.2, -0.15) is 5.10 Å². The van der Waals surface area contributed by atoms with E-state index in [0.717, 1.165) is 5.56 Å². The van der Waals surface area contributed by atoms with Gasteiger partial charge in [0, 0.05) is 16.3 Å².